The minimum Gasteiger partial charge on any atom is -0.465 e. The Kier molecular flexibility index (Phi) is 16.5. The highest BCUT2D eigenvalue weighted by Gasteiger charge is 2.54. The van der Waals surface area contributed by atoms with Gasteiger partial charge < -0.3 is 28.4 Å². The summed E-state index contributed by atoms with van der Waals surface area (Å²) in [6.45, 7) is 8.77. The molecule has 1 aliphatic rings. The first kappa shape index (κ1) is 39.4. The van der Waals surface area contributed by atoms with E-state index in [-0.39, 0.29) is 51.5 Å². The molecule has 2 unspecified atom stereocenters. The van der Waals surface area contributed by atoms with Gasteiger partial charge in [0.1, 0.15) is 6.61 Å². The number of hydrogen-bond acceptors (Lipinski definition) is 15. The van der Waals surface area contributed by atoms with E-state index in [9.17, 15) is 28.5 Å². The molecule has 0 bridgehead atoms. The highest BCUT2D eigenvalue weighted by atomic mass is 31.2. The Labute approximate surface area is 258 Å². The molecule has 0 N–H and O–H groups in total. The molecule has 16 heteroatoms. The third-order valence-electron chi connectivity index (χ3n) is 6.87. The standard InChI is InChI=1S/C28H47O15P/c1-9-27(23(30)35-10-2,24(31)36-11-3)17-41-44(34,40-15-22-19(6)14-20(7)43-22)42-18-28(16-39-21(8)29,25(32)37-12-4)26(33)38-13-5/h19-20,22H,9-18H2,1-8H3/t19?,20-,22+,44?/m0/s1. The Balaban J connectivity index is 3.54. The number of ether oxygens (including phenoxy) is 6. The molecule has 1 fully saturated rings. The van der Waals surface area contributed by atoms with Crippen molar-refractivity contribution in [2.45, 2.75) is 80.4 Å². The minimum absolute atomic E-state index is 0.00522. The van der Waals surface area contributed by atoms with Crippen LogP contribution in [-0.2, 0) is 70.5 Å². The highest BCUT2D eigenvalue weighted by molar-refractivity contribution is 7.48. The Morgan fingerprint density at radius 1 is 0.682 bits per heavy atom. The lowest BCUT2D eigenvalue weighted by Gasteiger charge is -2.32. The number of phosphoric ester groups is 1. The molecule has 0 aromatic carbocycles. The summed E-state index contributed by atoms with van der Waals surface area (Å²) in [6.07, 6.45) is -0.115. The summed E-state index contributed by atoms with van der Waals surface area (Å²) in [5, 5.41) is 0. The number of carbonyl (C=O) groups is 5. The maximum absolute atomic E-state index is 14.2. The number of esters is 5. The second-order valence-corrected chi connectivity index (χ2v) is 11.8. The molecule has 0 aromatic heterocycles. The van der Waals surface area contributed by atoms with Crippen LogP contribution in [-0.4, -0.2) is 94.9 Å². The lowest BCUT2D eigenvalue weighted by Crippen LogP contribution is -2.49. The van der Waals surface area contributed by atoms with Gasteiger partial charge in [0.05, 0.1) is 58.5 Å². The van der Waals surface area contributed by atoms with E-state index in [1.165, 1.54) is 20.8 Å². The molecular formula is C28H47O15P. The van der Waals surface area contributed by atoms with Crippen molar-refractivity contribution in [3.63, 3.8) is 0 Å². The maximum atomic E-state index is 14.2. The molecule has 15 nitrogen and oxygen atoms in total. The Morgan fingerprint density at radius 3 is 1.48 bits per heavy atom. The van der Waals surface area contributed by atoms with Gasteiger partial charge in [0.25, 0.3) is 0 Å². The molecule has 1 rings (SSSR count). The van der Waals surface area contributed by atoms with E-state index in [2.05, 4.69) is 0 Å². The molecule has 0 saturated carbocycles. The predicted octanol–water partition coefficient (Wildman–Crippen LogP) is 3.16. The maximum Gasteiger partial charge on any atom is 0.474 e. The van der Waals surface area contributed by atoms with Crippen molar-refractivity contribution in [2.75, 3.05) is 52.9 Å². The molecule has 44 heavy (non-hydrogen) atoms. The van der Waals surface area contributed by atoms with Crippen LogP contribution < -0.4 is 0 Å². The molecule has 254 valence electrons. The summed E-state index contributed by atoms with van der Waals surface area (Å²) in [5.74, 6) is -5.19. The molecule has 1 saturated heterocycles. The van der Waals surface area contributed by atoms with Gasteiger partial charge in [-0.1, -0.05) is 13.8 Å². The average Bonchev–Trinajstić information content (AvgIpc) is 3.29. The van der Waals surface area contributed by atoms with E-state index in [0.717, 1.165) is 6.92 Å². The van der Waals surface area contributed by atoms with E-state index in [1.54, 1.807) is 13.8 Å². The molecule has 0 aliphatic carbocycles. The summed E-state index contributed by atoms with van der Waals surface area (Å²) >= 11 is 0. The van der Waals surface area contributed by atoms with Gasteiger partial charge >= 0.3 is 37.7 Å². The SMILES string of the molecule is CCOC(=O)C(CC)(COP(=O)(OC[C@H]1O[C@@H](C)CC1C)OCC(COC(C)=O)(C(=O)OCC)C(=O)OCC)C(=O)OCC. The van der Waals surface area contributed by atoms with Crippen LogP contribution in [0.1, 0.15) is 68.2 Å². The number of phosphoric acid groups is 1. The van der Waals surface area contributed by atoms with E-state index < -0.39 is 74.4 Å². The van der Waals surface area contributed by atoms with Crippen LogP contribution in [0.25, 0.3) is 0 Å². The molecular weight excluding hydrogens is 607 g/mol. The fourth-order valence-corrected chi connectivity index (χ4v) is 5.59. The average molecular weight is 655 g/mol. The zero-order chi connectivity index (χ0) is 33.6. The van der Waals surface area contributed by atoms with Crippen molar-refractivity contribution in [3.05, 3.63) is 0 Å². The smallest absolute Gasteiger partial charge is 0.465 e. The first-order valence-corrected chi connectivity index (χ1v) is 16.2. The molecule has 0 radical (unpaired) electrons. The third-order valence-corrected chi connectivity index (χ3v) is 8.23. The van der Waals surface area contributed by atoms with Crippen molar-refractivity contribution >= 4 is 37.7 Å². The molecule has 1 aliphatic heterocycles. The largest absolute Gasteiger partial charge is 0.474 e. The summed E-state index contributed by atoms with van der Waals surface area (Å²) < 4.78 is 62.1. The zero-order valence-corrected chi connectivity index (χ0v) is 27.8. The molecule has 0 aromatic rings. The van der Waals surface area contributed by atoms with E-state index in [4.69, 9.17) is 42.0 Å². The first-order valence-electron chi connectivity index (χ1n) is 14.7. The van der Waals surface area contributed by atoms with Crippen molar-refractivity contribution in [3.8, 4) is 0 Å². The van der Waals surface area contributed by atoms with Gasteiger partial charge in [0, 0.05) is 6.92 Å². The van der Waals surface area contributed by atoms with Crippen LogP contribution in [0, 0.1) is 16.7 Å². The van der Waals surface area contributed by atoms with E-state index in [1.807, 2.05) is 13.8 Å². The fraction of sp³-hybridized carbons (Fsp3) is 0.821. The lowest BCUT2D eigenvalue weighted by atomic mass is 9.86. The van der Waals surface area contributed by atoms with Crippen molar-refractivity contribution in [2.24, 2.45) is 16.7 Å². The molecule has 0 amide bonds. The lowest BCUT2D eigenvalue weighted by molar-refractivity contribution is -0.181. The summed E-state index contributed by atoms with van der Waals surface area (Å²) in [4.78, 5) is 63.9. The van der Waals surface area contributed by atoms with Gasteiger partial charge in [-0.15, -0.1) is 0 Å². The van der Waals surface area contributed by atoms with Gasteiger partial charge in [-0.2, -0.15) is 0 Å². The van der Waals surface area contributed by atoms with Gasteiger partial charge in [-0.3, -0.25) is 37.5 Å². The third kappa shape index (κ3) is 10.5. The van der Waals surface area contributed by atoms with Crippen LogP contribution >= 0.6 is 7.82 Å². The van der Waals surface area contributed by atoms with Crippen LogP contribution in [0.5, 0.6) is 0 Å². The Morgan fingerprint density at radius 2 is 1.11 bits per heavy atom. The first-order chi connectivity index (χ1) is 20.7. The summed E-state index contributed by atoms with van der Waals surface area (Å²) in [7, 11) is -4.86. The monoisotopic (exact) mass is 654 g/mol. The van der Waals surface area contributed by atoms with Crippen LogP contribution in [0.4, 0.5) is 0 Å². The quantitative estimate of drug-likeness (QED) is 0.0806. The second kappa shape index (κ2) is 18.4. The number of hydrogen-bond donors (Lipinski definition) is 0. The minimum atomic E-state index is -4.86. The van der Waals surface area contributed by atoms with Crippen molar-refractivity contribution in [1.82, 2.24) is 0 Å². The molecule has 4 atom stereocenters. The van der Waals surface area contributed by atoms with Crippen molar-refractivity contribution < 1.29 is 70.5 Å². The van der Waals surface area contributed by atoms with Gasteiger partial charge in [-0.25, -0.2) is 4.57 Å². The van der Waals surface area contributed by atoms with Crippen LogP contribution in [0.2, 0.25) is 0 Å². The van der Waals surface area contributed by atoms with Crippen molar-refractivity contribution in [1.29, 1.82) is 0 Å². The van der Waals surface area contributed by atoms with E-state index in [0.29, 0.717) is 6.42 Å². The Hall–Kier alpha value is -2.58. The van der Waals surface area contributed by atoms with Gasteiger partial charge in [-0.05, 0) is 53.4 Å². The van der Waals surface area contributed by atoms with Gasteiger partial charge in [0.2, 0.25) is 5.41 Å². The molecule has 1 heterocycles. The zero-order valence-electron chi connectivity index (χ0n) is 26.9. The van der Waals surface area contributed by atoms with Crippen LogP contribution in [0.15, 0.2) is 0 Å². The second-order valence-electron chi connectivity index (χ2n) is 10.2. The highest BCUT2D eigenvalue weighted by Crippen LogP contribution is 2.53. The predicted molar refractivity (Wildman–Crippen MR) is 152 cm³/mol. The molecule has 0 spiro atoms. The van der Waals surface area contributed by atoms with Crippen LogP contribution in [0.3, 0.4) is 0 Å². The summed E-state index contributed by atoms with van der Waals surface area (Å²) in [5.41, 5.74) is -4.49. The number of carbonyl (C=O) groups excluding carboxylic acids is 5. The van der Waals surface area contributed by atoms with Gasteiger partial charge in [0.15, 0.2) is 5.41 Å². The fourth-order valence-electron chi connectivity index (χ4n) is 4.28. The summed E-state index contributed by atoms with van der Waals surface area (Å²) in [6, 6.07) is 0. The number of rotatable bonds is 20. The normalized spacial score (nSPS) is 19.9. The van der Waals surface area contributed by atoms with E-state index >= 15 is 0 Å². The Bertz CT molecular complexity index is 993. The topological polar surface area (TPSA) is 185 Å².